The molecule has 0 N–H and O–H groups in total. The van der Waals surface area contributed by atoms with Gasteiger partial charge in [0, 0.05) is 17.1 Å². The van der Waals surface area contributed by atoms with Crippen molar-refractivity contribution in [2.75, 3.05) is 0 Å². The Hall–Kier alpha value is -1.99. The number of carbonyl (C=O) groups is 1. The summed E-state index contributed by atoms with van der Waals surface area (Å²) in [6.07, 6.45) is 0. The number of hydrogen-bond acceptors (Lipinski definition) is 4. The number of nitrogens with zero attached hydrogens (tertiary/aromatic N) is 3. The summed E-state index contributed by atoms with van der Waals surface area (Å²) in [6, 6.07) is 13.7. The fourth-order valence-electron chi connectivity index (χ4n) is 2.36. The van der Waals surface area contributed by atoms with E-state index in [0.29, 0.717) is 22.1 Å². The molecule has 0 spiro atoms. The van der Waals surface area contributed by atoms with Gasteiger partial charge in [-0.15, -0.1) is 10.2 Å². The Balaban J connectivity index is 1.81. The fraction of sp³-hybridized carbons (Fsp3) is 0.167. The summed E-state index contributed by atoms with van der Waals surface area (Å²) >= 11 is 4.66. The largest absolute Gasteiger partial charge is 0.305 e. The second-order valence-corrected chi connectivity index (χ2v) is 7.70. The molecule has 0 saturated heterocycles. The lowest BCUT2D eigenvalue weighted by Crippen LogP contribution is -2.14. The number of ketones is 1. The smallest absolute Gasteiger partial charge is 0.191 e. The molecule has 4 nitrogen and oxygen atoms in total. The Bertz CT molecular complexity index is 911. The summed E-state index contributed by atoms with van der Waals surface area (Å²) in [5.41, 5.74) is 1.02. The molecule has 1 heterocycles. The summed E-state index contributed by atoms with van der Waals surface area (Å²) in [6.45, 7) is 1.83. The van der Waals surface area contributed by atoms with Crippen molar-refractivity contribution in [1.82, 2.24) is 14.8 Å². The number of aromatic nitrogens is 3. The van der Waals surface area contributed by atoms with E-state index in [1.807, 2.05) is 19.1 Å². The second kappa shape index (κ2) is 7.49. The first kappa shape index (κ1) is 17.8. The first-order chi connectivity index (χ1) is 12.0. The van der Waals surface area contributed by atoms with E-state index in [9.17, 15) is 9.18 Å². The number of Topliss-reactive ketones (excluding diaryl/α,β-unsaturated/α-hetero) is 1. The molecule has 0 aliphatic carbocycles. The summed E-state index contributed by atoms with van der Waals surface area (Å²) in [4.78, 5) is 12.5. The molecular weight excluding hydrogens is 405 g/mol. The molecule has 0 amide bonds. The molecule has 128 valence electrons. The van der Waals surface area contributed by atoms with Crippen LogP contribution >= 0.6 is 27.7 Å². The van der Waals surface area contributed by atoms with Gasteiger partial charge in [-0.25, -0.2) is 4.39 Å². The van der Waals surface area contributed by atoms with Crippen LogP contribution in [0.4, 0.5) is 4.39 Å². The summed E-state index contributed by atoms with van der Waals surface area (Å²) < 4.78 is 16.6. The van der Waals surface area contributed by atoms with Crippen molar-refractivity contribution >= 4 is 33.5 Å². The predicted octanol–water partition coefficient (Wildman–Crippen LogP) is 4.75. The zero-order chi connectivity index (χ0) is 18.0. The monoisotopic (exact) mass is 419 g/mol. The highest BCUT2D eigenvalue weighted by Gasteiger charge is 2.21. The fourth-order valence-corrected chi connectivity index (χ4v) is 3.51. The normalized spacial score (nSPS) is 12.2. The third-order valence-corrected chi connectivity index (χ3v) is 5.39. The van der Waals surface area contributed by atoms with Crippen LogP contribution in [0.2, 0.25) is 0 Å². The Labute approximate surface area is 157 Å². The molecule has 2 aromatic carbocycles. The lowest BCUT2D eigenvalue weighted by molar-refractivity contribution is 0.0994. The molecule has 0 aliphatic rings. The maximum atomic E-state index is 14.0. The lowest BCUT2D eigenvalue weighted by Gasteiger charge is -2.10. The zero-order valence-electron chi connectivity index (χ0n) is 13.6. The van der Waals surface area contributed by atoms with Gasteiger partial charge < -0.3 is 4.57 Å². The Kier molecular flexibility index (Phi) is 5.34. The first-order valence-corrected chi connectivity index (χ1v) is 9.25. The molecule has 0 fully saturated rings. The van der Waals surface area contributed by atoms with E-state index in [4.69, 9.17) is 0 Å². The minimum Gasteiger partial charge on any atom is -0.305 e. The zero-order valence-corrected chi connectivity index (χ0v) is 16.0. The van der Waals surface area contributed by atoms with Gasteiger partial charge in [0.25, 0.3) is 0 Å². The average Bonchev–Trinajstić information content (AvgIpc) is 2.96. The number of hydrogen-bond donors (Lipinski definition) is 0. The van der Waals surface area contributed by atoms with Gasteiger partial charge >= 0.3 is 0 Å². The Morgan fingerprint density at radius 3 is 2.52 bits per heavy atom. The maximum Gasteiger partial charge on any atom is 0.191 e. The van der Waals surface area contributed by atoms with Crippen LogP contribution in [0.1, 0.15) is 17.3 Å². The summed E-state index contributed by atoms with van der Waals surface area (Å²) in [5, 5.41) is 8.42. The summed E-state index contributed by atoms with van der Waals surface area (Å²) in [5.74, 6) is 0.0883. The molecule has 1 aromatic heterocycles. The minimum atomic E-state index is -0.353. The third-order valence-electron chi connectivity index (χ3n) is 3.73. The number of benzene rings is 2. The number of carbonyl (C=O) groups excluding carboxylic acids is 1. The van der Waals surface area contributed by atoms with Crippen LogP contribution < -0.4 is 0 Å². The number of halogens is 2. The minimum absolute atomic E-state index is 0.00735. The van der Waals surface area contributed by atoms with Gasteiger partial charge in [0.2, 0.25) is 0 Å². The molecule has 1 atom stereocenters. The van der Waals surface area contributed by atoms with Crippen molar-refractivity contribution in [2.45, 2.75) is 17.3 Å². The van der Waals surface area contributed by atoms with Gasteiger partial charge in [-0.1, -0.05) is 52.0 Å². The molecule has 3 rings (SSSR count). The van der Waals surface area contributed by atoms with Gasteiger partial charge in [0.05, 0.1) is 10.8 Å². The van der Waals surface area contributed by atoms with E-state index in [0.717, 1.165) is 4.47 Å². The maximum absolute atomic E-state index is 14.0. The quantitative estimate of drug-likeness (QED) is 0.442. The molecule has 25 heavy (non-hydrogen) atoms. The van der Waals surface area contributed by atoms with Crippen molar-refractivity contribution in [3.05, 3.63) is 64.4 Å². The molecule has 0 unspecified atom stereocenters. The number of thioether (sulfide) groups is 1. The SMILES string of the molecule is C[C@H](Sc1nnc(-c2ccccc2F)n1C)C(=O)c1ccc(Br)cc1. The van der Waals surface area contributed by atoms with Crippen molar-refractivity contribution < 1.29 is 9.18 Å². The highest BCUT2D eigenvalue weighted by Crippen LogP contribution is 2.28. The van der Waals surface area contributed by atoms with Crippen LogP contribution in [0.25, 0.3) is 11.4 Å². The van der Waals surface area contributed by atoms with Crippen LogP contribution in [-0.2, 0) is 7.05 Å². The van der Waals surface area contributed by atoms with Gasteiger partial charge in [-0.2, -0.15) is 0 Å². The van der Waals surface area contributed by atoms with Gasteiger partial charge in [0.15, 0.2) is 16.8 Å². The van der Waals surface area contributed by atoms with Crippen LogP contribution in [-0.4, -0.2) is 25.8 Å². The van der Waals surface area contributed by atoms with Crippen LogP contribution in [0.3, 0.4) is 0 Å². The van der Waals surface area contributed by atoms with E-state index in [1.54, 1.807) is 41.9 Å². The highest BCUT2D eigenvalue weighted by molar-refractivity contribution is 9.10. The molecule has 3 aromatic rings. The lowest BCUT2D eigenvalue weighted by atomic mass is 10.1. The Morgan fingerprint density at radius 1 is 1.16 bits per heavy atom. The van der Waals surface area contributed by atoms with Gasteiger partial charge in [-0.3, -0.25) is 4.79 Å². The van der Waals surface area contributed by atoms with Crippen LogP contribution in [0, 0.1) is 5.82 Å². The first-order valence-electron chi connectivity index (χ1n) is 7.58. The number of rotatable bonds is 5. The molecular formula is C18H15BrFN3OS. The summed E-state index contributed by atoms with van der Waals surface area (Å²) in [7, 11) is 1.76. The second-order valence-electron chi connectivity index (χ2n) is 5.48. The molecule has 0 aliphatic heterocycles. The van der Waals surface area contributed by atoms with Crippen molar-refractivity contribution in [1.29, 1.82) is 0 Å². The topological polar surface area (TPSA) is 47.8 Å². The third kappa shape index (κ3) is 3.82. The van der Waals surface area contributed by atoms with E-state index in [-0.39, 0.29) is 16.9 Å². The van der Waals surface area contributed by atoms with Crippen LogP contribution in [0.5, 0.6) is 0 Å². The standard InChI is InChI=1S/C18H15BrFN3OS/c1-11(16(24)12-7-9-13(19)10-8-12)25-18-22-21-17(23(18)2)14-5-3-4-6-15(14)20/h3-11H,1-2H3/t11-/m0/s1. The Morgan fingerprint density at radius 2 is 1.84 bits per heavy atom. The van der Waals surface area contributed by atoms with E-state index >= 15 is 0 Å². The van der Waals surface area contributed by atoms with Gasteiger partial charge in [-0.05, 0) is 31.2 Å². The molecule has 0 radical (unpaired) electrons. The average molecular weight is 420 g/mol. The van der Waals surface area contributed by atoms with E-state index in [2.05, 4.69) is 26.1 Å². The van der Waals surface area contributed by atoms with E-state index in [1.165, 1.54) is 17.8 Å². The predicted molar refractivity (Wildman–Crippen MR) is 100 cm³/mol. The van der Waals surface area contributed by atoms with Crippen molar-refractivity contribution in [3.8, 4) is 11.4 Å². The highest BCUT2D eigenvalue weighted by atomic mass is 79.9. The molecule has 0 saturated carbocycles. The van der Waals surface area contributed by atoms with Gasteiger partial charge in [0.1, 0.15) is 5.82 Å². The molecule has 0 bridgehead atoms. The van der Waals surface area contributed by atoms with Crippen LogP contribution in [0.15, 0.2) is 58.2 Å². The van der Waals surface area contributed by atoms with E-state index < -0.39 is 0 Å². The van der Waals surface area contributed by atoms with Crippen molar-refractivity contribution in [2.24, 2.45) is 7.05 Å². The molecule has 7 heteroatoms. The van der Waals surface area contributed by atoms with Crippen molar-refractivity contribution in [3.63, 3.8) is 0 Å².